The number of methoxy groups -OCH3 is 1. The molecule has 9 heteroatoms. The molecule has 0 aromatic heterocycles. The van der Waals surface area contributed by atoms with Gasteiger partial charge in [0.15, 0.2) is 0 Å². The van der Waals surface area contributed by atoms with Crippen molar-refractivity contribution < 1.29 is 28.6 Å². The summed E-state index contributed by atoms with van der Waals surface area (Å²) in [5.74, 6) is -0.368. The molecule has 0 fully saturated rings. The van der Waals surface area contributed by atoms with Gasteiger partial charge in [0.2, 0.25) is 0 Å². The summed E-state index contributed by atoms with van der Waals surface area (Å²) in [6.07, 6.45) is 0.950. The van der Waals surface area contributed by atoms with Gasteiger partial charge in [0.25, 0.3) is 0 Å². The third kappa shape index (κ3) is 13.2. The van der Waals surface area contributed by atoms with Crippen LogP contribution in [0.25, 0.3) is 0 Å². The van der Waals surface area contributed by atoms with E-state index in [2.05, 4.69) is 16.0 Å². The van der Waals surface area contributed by atoms with E-state index < -0.39 is 23.8 Å². The molecule has 31 heavy (non-hydrogen) atoms. The maximum atomic E-state index is 11.9. The van der Waals surface area contributed by atoms with E-state index in [1.807, 2.05) is 30.3 Å². The number of benzene rings is 1. The largest absolute Gasteiger partial charge is 0.468 e. The number of rotatable bonds is 12. The molecule has 1 aromatic carbocycles. The molecule has 0 aliphatic rings. The second-order valence-electron chi connectivity index (χ2n) is 7.94. The van der Waals surface area contributed by atoms with Crippen molar-refractivity contribution in [2.45, 2.75) is 58.3 Å². The Labute approximate surface area is 184 Å². The molecule has 0 radical (unpaired) electrons. The number of nitrogens with one attached hydrogen (secondary N) is 3. The molecular weight excluding hydrogens is 402 g/mol. The van der Waals surface area contributed by atoms with Gasteiger partial charge in [-0.1, -0.05) is 30.3 Å². The third-order valence-corrected chi connectivity index (χ3v) is 4.07. The van der Waals surface area contributed by atoms with Crippen molar-refractivity contribution >= 4 is 18.2 Å². The lowest BCUT2D eigenvalue weighted by Crippen LogP contribution is -2.43. The summed E-state index contributed by atoms with van der Waals surface area (Å²) in [7, 11) is 1.33. The van der Waals surface area contributed by atoms with Crippen LogP contribution in [0.1, 0.15) is 45.6 Å². The van der Waals surface area contributed by atoms with Gasteiger partial charge in [-0.2, -0.15) is 0 Å². The first-order chi connectivity index (χ1) is 14.7. The molecule has 0 saturated carbocycles. The van der Waals surface area contributed by atoms with Crippen LogP contribution in [0.15, 0.2) is 30.3 Å². The van der Waals surface area contributed by atoms with Crippen LogP contribution in [0.3, 0.4) is 0 Å². The predicted molar refractivity (Wildman–Crippen MR) is 117 cm³/mol. The van der Waals surface area contributed by atoms with Crippen LogP contribution < -0.4 is 16.0 Å². The number of carbonyl (C=O) groups is 3. The zero-order chi connectivity index (χ0) is 23.1. The SMILES string of the molecule is COC(=O)[C@H](CCCCNC(=O)OCc1ccccc1)NCCNC(=O)OC(C)(C)C. The van der Waals surface area contributed by atoms with Gasteiger partial charge < -0.3 is 30.2 Å². The molecule has 1 rings (SSSR count). The average molecular weight is 438 g/mol. The molecule has 0 aliphatic carbocycles. The highest BCUT2D eigenvalue weighted by atomic mass is 16.6. The first-order valence-corrected chi connectivity index (χ1v) is 10.4. The standard InChI is InChI=1S/C22H35N3O6/c1-22(2,3)31-21(28)25-15-14-23-18(19(26)29-4)12-8-9-13-24-20(27)30-16-17-10-6-5-7-11-17/h5-7,10-11,18,23H,8-9,12-16H2,1-4H3,(H,24,27)(H,25,28)/t18-/m0/s1. The number of unbranched alkanes of at least 4 members (excludes halogenated alkanes) is 1. The minimum Gasteiger partial charge on any atom is -0.468 e. The molecule has 0 aliphatic heterocycles. The van der Waals surface area contributed by atoms with Crippen molar-refractivity contribution in [3.8, 4) is 0 Å². The van der Waals surface area contributed by atoms with E-state index in [0.29, 0.717) is 38.9 Å². The second kappa shape index (κ2) is 14.2. The molecule has 0 heterocycles. The van der Waals surface area contributed by atoms with E-state index in [1.165, 1.54) is 7.11 Å². The normalized spacial score (nSPS) is 11.9. The minimum atomic E-state index is -0.561. The third-order valence-electron chi connectivity index (χ3n) is 4.07. The smallest absolute Gasteiger partial charge is 0.407 e. The number of carbonyl (C=O) groups excluding carboxylic acids is 3. The zero-order valence-corrected chi connectivity index (χ0v) is 18.9. The van der Waals surface area contributed by atoms with Gasteiger partial charge in [-0.05, 0) is 45.6 Å². The fraction of sp³-hybridized carbons (Fsp3) is 0.591. The fourth-order valence-corrected chi connectivity index (χ4v) is 2.61. The summed E-state index contributed by atoms with van der Waals surface area (Å²) in [5, 5.41) is 8.39. The first kappa shape index (κ1) is 26.2. The molecule has 1 atom stereocenters. The van der Waals surface area contributed by atoms with Gasteiger partial charge >= 0.3 is 18.2 Å². The van der Waals surface area contributed by atoms with E-state index in [1.54, 1.807) is 20.8 Å². The van der Waals surface area contributed by atoms with E-state index in [4.69, 9.17) is 14.2 Å². The molecule has 0 unspecified atom stereocenters. The minimum absolute atomic E-state index is 0.221. The van der Waals surface area contributed by atoms with Crippen molar-refractivity contribution in [1.29, 1.82) is 0 Å². The lowest BCUT2D eigenvalue weighted by atomic mass is 10.1. The second-order valence-corrected chi connectivity index (χ2v) is 7.94. The summed E-state index contributed by atoms with van der Waals surface area (Å²) in [6.45, 7) is 6.74. The molecule has 9 nitrogen and oxygen atoms in total. The van der Waals surface area contributed by atoms with Crippen molar-refractivity contribution in [1.82, 2.24) is 16.0 Å². The van der Waals surface area contributed by atoms with Gasteiger partial charge in [0.05, 0.1) is 7.11 Å². The van der Waals surface area contributed by atoms with Gasteiger partial charge in [-0.3, -0.25) is 4.79 Å². The van der Waals surface area contributed by atoms with Gasteiger partial charge in [-0.15, -0.1) is 0 Å². The molecule has 0 saturated heterocycles. The number of alkyl carbamates (subject to hydrolysis) is 2. The Bertz CT molecular complexity index is 676. The van der Waals surface area contributed by atoms with Crippen LogP contribution in [-0.4, -0.2) is 56.5 Å². The number of esters is 1. The maximum Gasteiger partial charge on any atom is 0.407 e. The highest BCUT2D eigenvalue weighted by molar-refractivity contribution is 5.75. The van der Waals surface area contributed by atoms with Crippen molar-refractivity contribution in [3.63, 3.8) is 0 Å². The van der Waals surface area contributed by atoms with Gasteiger partial charge in [0.1, 0.15) is 18.2 Å². The zero-order valence-electron chi connectivity index (χ0n) is 18.9. The topological polar surface area (TPSA) is 115 Å². The molecule has 0 bridgehead atoms. The quantitative estimate of drug-likeness (QED) is 0.262. The van der Waals surface area contributed by atoms with E-state index in [-0.39, 0.29) is 12.6 Å². The monoisotopic (exact) mass is 437 g/mol. The molecule has 3 N–H and O–H groups in total. The summed E-state index contributed by atoms with van der Waals surface area (Å²) in [5.41, 5.74) is 0.361. The molecule has 0 spiro atoms. The Hall–Kier alpha value is -2.81. The molecule has 2 amide bonds. The highest BCUT2D eigenvalue weighted by Crippen LogP contribution is 2.06. The van der Waals surface area contributed by atoms with Crippen LogP contribution in [0.5, 0.6) is 0 Å². The number of hydrogen-bond acceptors (Lipinski definition) is 7. The van der Waals surface area contributed by atoms with Crippen LogP contribution in [0, 0.1) is 0 Å². The highest BCUT2D eigenvalue weighted by Gasteiger charge is 2.19. The van der Waals surface area contributed by atoms with Crippen molar-refractivity contribution in [2.75, 3.05) is 26.7 Å². The van der Waals surface area contributed by atoms with E-state index >= 15 is 0 Å². The van der Waals surface area contributed by atoms with E-state index in [0.717, 1.165) is 5.56 Å². The lowest BCUT2D eigenvalue weighted by molar-refractivity contribution is -0.143. The summed E-state index contributed by atoms with van der Waals surface area (Å²) < 4.78 is 15.1. The molecular formula is C22H35N3O6. The molecule has 1 aromatic rings. The van der Waals surface area contributed by atoms with Gasteiger partial charge in [0, 0.05) is 19.6 Å². The van der Waals surface area contributed by atoms with Crippen LogP contribution in [0.4, 0.5) is 9.59 Å². The average Bonchev–Trinajstić information content (AvgIpc) is 2.72. The number of amides is 2. The van der Waals surface area contributed by atoms with Crippen molar-refractivity contribution in [2.24, 2.45) is 0 Å². The summed E-state index contributed by atoms with van der Waals surface area (Å²) >= 11 is 0. The van der Waals surface area contributed by atoms with Crippen LogP contribution in [0.2, 0.25) is 0 Å². The van der Waals surface area contributed by atoms with Crippen LogP contribution in [-0.2, 0) is 25.6 Å². The van der Waals surface area contributed by atoms with E-state index in [9.17, 15) is 14.4 Å². The van der Waals surface area contributed by atoms with Crippen molar-refractivity contribution in [3.05, 3.63) is 35.9 Å². The first-order valence-electron chi connectivity index (χ1n) is 10.4. The summed E-state index contributed by atoms with van der Waals surface area (Å²) in [4.78, 5) is 35.3. The number of ether oxygens (including phenoxy) is 3. The predicted octanol–water partition coefficient (Wildman–Crippen LogP) is 2.74. The lowest BCUT2D eigenvalue weighted by Gasteiger charge is -2.20. The Morgan fingerprint density at radius 1 is 0.935 bits per heavy atom. The number of hydrogen-bond donors (Lipinski definition) is 3. The maximum absolute atomic E-state index is 11.9. The Morgan fingerprint density at radius 3 is 2.26 bits per heavy atom. The molecule has 174 valence electrons. The van der Waals surface area contributed by atoms with Crippen LogP contribution >= 0.6 is 0 Å². The Balaban J connectivity index is 2.19. The summed E-state index contributed by atoms with van der Waals surface area (Å²) in [6, 6.07) is 8.95. The Kier molecular flexibility index (Phi) is 12.0. The van der Waals surface area contributed by atoms with Gasteiger partial charge in [-0.25, -0.2) is 9.59 Å². The Morgan fingerprint density at radius 2 is 1.61 bits per heavy atom. The fourth-order valence-electron chi connectivity index (χ4n) is 2.61.